The lowest BCUT2D eigenvalue weighted by Crippen LogP contribution is -2.00. The van der Waals surface area contributed by atoms with Crippen molar-refractivity contribution in [1.82, 2.24) is 0 Å². The number of phenols is 1. The molecule has 0 amide bonds. The van der Waals surface area contributed by atoms with Crippen LogP contribution in [0.3, 0.4) is 0 Å². The van der Waals surface area contributed by atoms with Crippen LogP contribution in [0.4, 0.5) is 17.1 Å². The molecule has 0 atom stereocenters. The minimum absolute atomic E-state index is 0. The first-order valence-corrected chi connectivity index (χ1v) is 14.5. The van der Waals surface area contributed by atoms with Crippen molar-refractivity contribution < 1.29 is 48.8 Å². The fourth-order valence-corrected chi connectivity index (χ4v) is 4.51. The minimum Gasteiger partial charge on any atom is -0.505 e. The zero-order chi connectivity index (χ0) is 28.3. The number of rotatable bonds is 6. The SMILES string of the molecule is C.CNc1cc(C)cc2cc(S(=O)(=O)O)c(N=Nc3cc(S(C)(=O)=O)ccc3OC)c(O)c12.O=S(=O)(O)O. The van der Waals surface area contributed by atoms with Crippen LogP contribution in [0.2, 0.25) is 0 Å². The third-order valence-corrected chi connectivity index (χ3v) is 6.65. The number of benzene rings is 3. The number of nitrogens with one attached hydrogen (secondary N) is 1. The first kappa shape index (κ1) is 32.7. The Kier molecular flexibility index (Phi) is 10.3. The molecule has 0 heterocycles. The monoisotopic (exact) mass is 593 g/mol. The normalized spacial score (nSPS) is 12.0. The largest absolute Gasteiger partial charge is 0.505 e. The van der Waals surface area contributed by atoms with Crippen LogP contribution >= 0.6 is 0 Å². The molecule has 0 unspecified atom stereocenters. The van der Waals surface area contributed by atoms with E-state index >= 15 is 0 Å². The van der Waals surface area contributed by atoms with Gasteiger partial charge < -0.3 is 15.2 Å². The van der Waals surface area contributed by atoms with Crippen LogP contribution in [0.1, 0.15) is 13.0 Å². The molecule has 0 aliphatic rings. The molecule has 0 aliphatic heterocycles. The molecule has 0 bridgehead atoms. The van der Waals surface area contributed by atoms with Gasteiger partial charge in [-0.3, -0.25) is 13.7 Å². The molecular weight excluding hydrogens is 566 g/mol. The highest BCUT2D eigenvalue weighted by Gasteiger charge is 2.24. The predicted octanol–water partition coefficient (Wildman–Crippen LogP) is 3.95. The van der Waals surface area contributed by atoms with Crippen LogP contribution in [0.15, 0.2) is 56.4 Å². The van der Waals surface area contributed by atoms with Crippen molar-refractivity contribution >= 4 is 58.2 Å². The van der Waals surface area contributed by atoms with E-state index in [1.807, 2.05) is 0 Å². The number of phenolic OH excluding ortho intramolecular Hbond substituents is 1. The Labute approximate surface area is 220 Å². The Hall–Kier alpha value is -3.35. The number of nitrogens with zero attached hydrogens (tertiary/aromatic N) is 2. The molecule has 0 aliphatic carbocycles. The molecule has 0 aromatic heterocycles. The average molecular weight is 594 g/mol. The van der Waals surface area contributed by atoms with E-state index in [9.17, 15) is 26.5 Å². The Bertz CT molecular complexity index is 1690. The van der Waals surface area contributed by atoms with E-state index in [-0.39, 0.29) is 29.1 Å². The summed E-state index contributed by atoms with van der Waals surface area (Å²) in [7, 11) is -10.1. The van der Waals surface area contributed by atoms with Crippen molar-refractivity contribution in [2.45, 2.75) is 24.1 Å². The Morgan fingerprint density at radius 3 is 1.97 bits per heavy atom. The summed E-state index contributed by atoms with van der Waals surface area (Å²) in [5.74, 6) is -0.358. The number of azo groups is 1. The van der Waals surface area contributed by atoms with Gasteiger partial charge in [0, 0.05) is 24.4 Å². The van der Waals surface area contributed by atoms with E-state index in [1.165, 1.54) is 31.4 Å². The Morgan fingerprint density at radius 1 is 0.921 bits per heavy atom. The molecule has 3 aromatic rings. The number of sulfone groups is 1. The molecule has 0 radical (unpaired) electrons. The van der Waals surface area contributed by atoms with Crippen LogP contribution < -0.4 is 10.1 Å². The molecule has 5 N–H and O–H groups in total. The molecule has 0 spiro atoms. The van der Waals surface area contributed by atoms with Crippen LogP contribution in [0.25, 0.3) is 10.8 Å². The number of aryl methyl sites for hydroxylation is 1. The van der Waals surface area contributed by atoms with Crippen LogP contribution in [0, 0.1) is 6.92 Å². The van der Waals surface area contributed by atoms with E-state index in [2.05, 4.69) is 15.5 Å². The molecular formula is C21H27N3O11S3. The number of hydrogen-bond donors (Lipinski definition) is 5. The lowest BCUT2D eigenvalue weighted by atomic mass is 10.0. The van der Waals surface area contributed by atoms with Gasteiger partial charge in [-0.25, -0.2) is 8.42 Å². The molecule has 3 rings (SSSR count). The van der Waals surface area contributed by atoms with Gasteiger partial charge in [0.05, 0.1) is 12.0 Å². The van der Waals surface area contributed by atoms with Crippen molar-refractivity contribution in [2.24, 2.45) is 10.2 Å². The molecule has 0 fully saturated rings. The van der Waals surface area contributed by atoms with Crippen molar-refractivity contribution in [1.29, 1.82) is 0 Å². The summed E-state index contributed by atoms with van der Waals surface area (Å²) in [6.07, 6.45) is 1.02. The molecule has 0 saturated carbocycles. The van der Waals surface area contributed by atoms with Gasteiger partial charge in [-0.05, 0) is 48.2 Å². The highest BCUT2D eigenvalue weighted by molar-refractivity contribution is 7.90. The predicted molar refractivity (Wildman–Crippen MR) is 141 cm³/mol. The average Bonchev–Trinajstić information content (AvgIpc) is 2.74. The van der Waals surface area contributed by atoms with Gasteiger partial charge in [-0.2, -0.15) is 16.8 Å². The minimum atomic E-state index is -4.79. The second-order valence-corrected chi connectivity index (χ2v) is 11.8. The van der Waals surface area contributed by atoms with Gasteiger partial charge in [0.15, 0.2) is 15.6 Å². The van der Waals surface area contributed by atoms with E-state index in [1.54, 1.807) is 26.1 Å². The molecule has 17 heteroatoms. The number of anilines is 1. The third-order valence-electron chi connectivity index (χ3n) is 4.68. The summed E-state index contributed by atoms with van der Waals surface area (Å²) in [5.41, 5.74) is 0.771. The summed E-state index contributed by atoms with van der Waals surface area (Å²) in [5, 5.41) is 22.2. The molecule has 3 aromatic carbocycles. The highest BCUT2D eigenvalue weighted by Crippen LogP contribution is 2.45. The van der Waals surface area contributed by atoms with Crippen molar-refractivity contribution in [3.63, 3.8) is 0 Å². The fraction of sp³-hybridized carbons (Fsp3) is 0.238. The van der Waals surface area contributed by atoms with E-state index in [4.69, 9.17) is 22.3 Å². The summed E-state index contributed by atoms with van der Waals surface area (Å²) >= 11 is 0. The van der Waals surface area contributed by atoms with Gasteiger partial charge >= 0.3 is 10.4 Å². The quantitative estimate of drug-likeness (QED) is 0.202. The number of aromatic hydroxyl groups is 1. The third kappa shape index (κ3) is 8.33. The van der Waals surface area contributed by atoms with Crippen molar-refractivity contribution in [3.05, 3.63) is 42.0 Å². The lowest BCUT2D eigenvalue weighted by molar-refractivity contribution is 0.380. The highest BCUT2D eigenvalue weighted by atomic mass is 32.3. The van der Waals surface area contributed by atoms with Crippen LogP contribution in [-0.4, -0.2) is 64.4 Å². The first-order chi connectivity index (χ1) is 16.9. The number of ether oxygens (including phenoxy) is 1. The van der Waals surface area contributed by atoms with E-state index < -0.39 is 46.7 Å². The van der Waals surface area contributed by atoms with Gasteiger partial charge in [0.2, 0.25) is 0 Å². The van der Waals surface area contributed by atoms with E-state index in [0.29, 0.717) is 11.1 Å². The number of fused-ring (bicyclic) bond motifs is 1. The van der Waals surface area contributed by atoms with Gasteiger partial charge in [0.25, 0.3) is 10.1 Å². The van der Waals surface area contributed by atoms with Crippen LogP contribution in [0.5, 0.6) is 11.5 Å². The molecule has 14 nitrogen and oxygen atoms in total. The fourth-order valence-electron chi connectivity index (χ4n) is 3.21. The lowest BCUT2D eigenvalue weighted by Gasteiger charge is -2.13. The van der Waals surface area contributed by atoms with Crippen molar-refractivity contribution in [3.8, 4) is 11.5 Å². The summed E-state index contributed by atoms with van der Waals surface area (Å²) in [4.78, 5) is -0.713. The van der Waals surface area contributed by atoms with E-state index in [0.717, 1.165) is 11.8 Å². The van der Waals surface area contributed by atoms with Gasteiger partial charge in [-0.1, -0.05) is 13.5 Å². The smallest absolute Gasteiger partial charge is 0.394 e. The second kappa shape index (κ2) is 12.0. The van der Waals surface area contributed by atoms with Crippen LogP contribution in [-0.2, 0) is 30.4 Å². The summed E-state index contributed by atoms with van der Waals surface area (Å²) in [6, 6.07) is 8.46. The van der Waals surface area contributed by atoms with Gasteiger partial charge in [0.1, 0.15) is 22.0 Å². The summed E-state index contributed by atoms with van der Waals surface area (Å²) in [6.45, 7) is 1.79. The maximum absolute atomic E-state index is 12.0. The van der Waals surface area contributed by atoms with Gasteiger partial charge in [-0.15, -0.1) is 10.2 Å². The summed E-state index contributed by atoms with van der Waals surface area (Å²) < 4.78 is 94.3. The van der Waals surface area contributed by atoms with Crippen molar-refractivity contribution in [2.75, 3.05) is 25.7 Å². The topological polar surface area (TPSA) is 229 Å². The first-order valence-electron chi connectivity index (χ1n) is 9.82. The Balaban J connectivity index is 0.00000110. The maximum atomic E-state index is 12.0. The standard InChI is InChI=1S/C20H21N3O7S2.CH4.H2O4S/c1-11-7-12-9-17(32(27,28)29)19(20(24)18(12)15(8-11)21-2)23-22-14-10-13(31(4,25)26)5-6-16(14)30-3;;1-5(2,3)4/h5-10,21,24H,1-4H3,(H,27,28,29);1H4;(H2,1,2,3,4). The number of hydrogen-bond acceptors (Lipinski definition) is 11. The maximum Gasteiger partial charge on any atom is 0.394 e. The Morgan fingerprint density at radius 2 is 1.50 bits per heavy atom. The molecule has 38 heavy (non-hydrogen) atoms. The molecule has 0 saturated heterocycles. The number of methoxy groups -OCH3 is 1. The zero-order valence-electron chi connectivity index (χ0n) is 19.7. The molecule has 210 valence electrons. The second-order valence-electron chi connectivity index (χ2n) is 7.46. The zero-order valence-corrected chi connectivity index (χ0v) is 22.2.